The molecule has 9 heteroatoms. The molecule has 1 aromatic carbocycles. The monoisotopic (exact) mass is 453 g/mol. The fraction of sp³-hybridized carbons (Fsp3) is 0.500. The van der Waals surface area contributed by atoms with Crippen molar-refractivity contribution in [2.45, 2.75) is 51.1 Å². The highest BCUT2D eigenvalue weighted by atomic mass is 16.5. The number of carbonyl (C=O) groups excluding carboxylic acids is 3. The Morgan fingerprint density at radius 3 is 2.85 bits per heavy atom. The molecule has 33 heavy (non-hydrogen) atoms. The second-order valence-corrected chi connectivity index (χ2v) is 8.99. The number of fused-ring (bicyclic) bond motifs is 1. The van der Waals surface area contributed by atoms with Gasteiger partial charge in [0.05, 0.1) is 18.0 Å². The minimum absolute atomic E-state index is 0.0753. The molecule has 2 unspecified atom stereocenters. The summed E-state index contributed by atoms with van der Waals surface area (Å²) in [5.74, 6) is -0.659. The molecule has 1 saturated carbocycles. The number of amides is 3. The maximum absolute atomic E-state index is 13.3. The van der Waals surface area contributed by atoms with Gasteiger partial charge in [0.1, 0.15) is 6.04 Å². The maximum atomic E-state index is 13.3. The highest BCUT2D eigenvalue weighted by Crippen LogP contribution is 2.31. The first-order valence-corrected chi connectivity index (χ1v) is 11.6. The van der Waals surface area contributed by atoms with E-state index in [1.165, 1.54) is 5.01 Å². The summed E-state index contributed by atoms with van der Waals surface area (Å²) in [6.45, 7) is 0.748. The van der Waals surface area contributed by atoms with Crippen LogP contribution in [-0.4, -0.2) is 57.6 Å². The second-order valence-electron chi connectivity index (χ2n) is 8.99. The zero-order valence-corrected chi connectivity index (χ0v) is 18.7. The molecule has 3 N–H and O–H groups in total. The van der Waals surface area contributed by atoms with Gasteiger partial charge in [0.2, 0.25) is 18.2 Å². The molecule has 9 nitrogen and oxygen atoms in total. The number of hydroxylamine groups is 2. The third-order valence-corrected chi connectivity index (χ3v) is 6.64. The Morgan fingerprint density at radius 1 is 1.27 bits per heavy atom. The number of rotatable bonds is 9. The number of para-hydroxylation sites is 1. The molecule has 2 atom stereocenters. The molecule has 0 bridgehead atoms. The number of nitrogens with one attached hydrogen (secondary N) is 2. The molecule has 4 rings (SSSR count). The Balaban J connectivity index is 1.40. The minimum Gasteiger partial charge on any atom is -0.350 e. The number of pyridine rings is 1. The van der Waals surface area contributed by atoms with Crippen molar-refractivity contribution in [3.8, 4) is 0 Å². The Morgan fingerprint density at radius 2 is 2.06 bits per heavy atom. The number of aromatic nitrogens is 1. The molecule has 2 fully saturated rings. The van der Waals surface area contributed by atoms with Crippen LogP contribution in [0, 0.1) is 11.8 Å². The quantitative estimate of drug-likeness (QED) is 0.304. The standard InChI is InChI=1S/C24H31N5O4/c30-16-28(33)15-20(11-17-5-1-2-6-17)24(32)29-22(9-10-27-29)23(31)26-14-18-12-19-7-3-4-8-21(19)25-13-18/h3-4,7-8,12-13,16-17,20,22,27,33H,1-2,5-6,9-11,14-15H2,(H,26,31). The summed E-state index contributed by atoms with van der Waals surface area (Å²) in [7, 11) is 0. The fourth-order valence-corrected chi connectivity index (χ4v) is 4.93. The SMILES string of the molecule is O=CN(O)CC(CC1CCCC1)C(=O)N1NCCC1C(=O)NCc1cnc2ccccc2c1. The third kappa shape index (κ3) is 5.66. The van der Waals surface area contributed by atoms with Gasteiger partial charge >= 0.3 is 0 Å². The van der Waals surface area contributed by atoms with Crippen molar-refractivity contribution in [3.05, 3.63) is 42.1 Å². The van der Waals surface area contributed by atoms with E-state index in [0.29, 0.717) is 43.3 Å². The van der Waals surface area contributed by atoms with E-state index in [2.05, 4.69) is 15.7 Å². The van der Waals surface area contributed by atoms with Gasteiger partial charge in [-0.25, -0.2) is 10.5 Å². The van der Waals surface area contributed by atoms with Gasteiger partial charge < -0.3 is 5.32 Å². The zero-order valence-electron chi connectivity index (χ0n) is 18.7. The Kier molecular flexibility index (Phi) is 7.51. The Hall–Kier alpha value is -3.04. The molecule has 2 aliphatic rings. The smallest absolute Gasteiger partial charge is 0.244 e. The van der Waals surface area contributed by atoms with Gasteiger partial charge in [-0.3, -0.25) is 29.6 Å². The molecule has 3 amide bonds. The van der Waals surface area contributed by atoms with Crippen molar-refractivity contribution in [1.29, 1.82) is 0 Å². The van der Waals surface area contributed by atoms with E-state index >= 15 is 0 Å². The predicted molar refractivity (Wildman–Crippen MR) is 121 cm³/mol. The van der Waals surface area contributed by atoms with Crippen molar-refractivity contribution in [2.24, 2.45) is 11.8 Å². The first-order valence-electron chi connectivity index (χ1n) is 11.6. The fourth-order valence-electron chi connectivity index (χ4n) is 4.93. The topological polar surface area (TPSA) is 115 Å². The molecular formula is C24H31N5O4. The van der Waals surface area contributed by atoms with Crippen LogP contribution in [0.1, 0.15) is 44.1 Å². The van der Waals surface area contributed by atoms with Crippen molar-refractivity contribution in [3.63, 3.8) is 0 Å². The van der Waals surface area contributed by atoms with Crippen LogP contribution >= 0.6 is 0 Å². The largest absolute Gasteiger partial charge is 0.350 e. The highest BCUT2D eigenvalue weighted by Gasteiger charge is 2.38. The molecule has 2 heterocycles. The Labute approximate surface area is 193 Å². The minimum atomic E-state index is -0.639. The van der Waals surface area contributed by atoms with Gasteiger partial charge in [0, 0.05) is 24.7 Å². The van der Waals surface area contributed by atoms with Crippen molar-refractivity contribution in [2.75, 3.05) is 13.1 Å². The summed E-state index contributed by atoms with van der Waals surface area (Å²) >= 11 is 0. The van der Waals surface area contributed by atoms with Gasteiger partial charge in [0.25, 0.3) is 0 Å². The van der Waals surface area contributed by atoms with E-state index in [-0.39, 0.29) is 18.4 Å². The lowest BCUT2D eigenvalue weighted by Crippen LogP contribution is -2.53. The van der Waals surface area contributed by atoms with Crippen LogP contribution in [0.25, 0.3) is 10.9 Å². The van der Waals surface area contributed by atoms with E-state index in [9.17, 15) is 19.6 Å². The summed E-state index contributed by atoms with van der Waals surface area (Å²) in [4.78, 5) is 41.7. The van der Waals surface area contributed by atoms with Gasteiger partial charge in [0.15, 0.2) is 0 Å². The first-order chi connectivity index (χ1) is 16.0. The second kappa shape index (κ2) is 10.7. The van der Waals surface area contributed by atoms with Crippen LogP contribution in [0.4, 0.5) is 0 Å². The van der Waals surface area contributed by atoms with Gasteiger partial charge in [-0.1, -0.05) is 43.9 Å². The number of nitrogens with zero attached hydrogens (tertiary/aromatic N) is 3. The molecule has 1 aliphatic carbocycles. The van der Waals surface area contributed by atoms with E-state index in [1.54, 1.807) is 6.20 Å². The van der Waals surface area contributed by atoms with Crippen molar-refractivity contribution in [1.82, 2.24) is 25.8 Å². The van der Waals surface area contributed by atoms with Crippen LogP contribution in [0.15, 0.2) is 36.5 Å². The number of benzene rings is 1. The molecule has 2 aromatic rings. The van der Waals surface area contributed by atoms with E-state index in [0.717, 1.165) is 42.1 Å². The average molecular weight is 454 g/mol. The lowest BCUT2D eigenvalue weighted by molar-refractivity contribution is -0.159. The summed E-state index contributed by atoms with van der Waals surface area (Å²) in [6.07, 6.45) is 7.52. The van der Waals surface area contributed by atoms with Crippen LogP contribution in [-0.2, 0) is 20.9 Å². The summed E-state index contributed by atoms with van der Waals surface area (Å²) in [5.41, 5.74) is 4.80. The normalized spacial score (nSPS) is 19.5. The van der Waals surface area contributed by atoms with Gasteiger partial charge in [-0.05, 0) is 36.5 Å². The van der Waals surface area contributed by atoms with Crippen LogP contribution < -0.4 is 10.7 Å². The van der Waals surface area contributed by atoms with E-state index in [4.69, 9.17) is 0 Å². The summed E-state index contributed by atoms with van der Waals surface area (Å²) in [6, 6.07) is 9.14. The van der Waals surface area contributed by atoms with Crippen LogP contribution in [0.2, 0.25) is 0 Å². The number of hydrazine groups is 1. The summed E-state index contributed by atoms with van der Waals surface area (Å²) in [5, 5.41) is 15.6. The Bertz CT molecular complexity index is 994. The average Bonchev–Trinajstić information content (AvgIpc) is 3.53. The summed E-state index contributed by atoms with van der Waals surface area (Å²) < 4.78 is 0. The zero-order chi connectivity index (χ0) is 23.2. The van der Waals surface area contributed by atoms with Gasteiger partial charge in [-0.2, -0.15) is 0 Å². The lowest BCUT2D eigenvalue weighted by atomic mass is 9.92. The highest BCUT2D eigenvalue weighted by molar-refractivity contribution is 5.89. The van der Waals surface area contributed by atoms with E-state index < -0.39 is 12.0 Å². The van der Waals surface area contributed by atoms with E-state index in [1.807, 2.05) is 30.3 Å². The number of hydrogen-bond donors (Lipinski definition) is 3. The van der Waals surface area contributed by atoms with Gasteiger partial charge in [-0.15, -0.1) is 0 Å². The number of hydrogen-bond acceptors (Lipinski definition) is 6. The first kappa shape index (κ1) is 23.1. The van der Waals surface area contributed by atoms with Crippen molar-refractivity contribution >= 4 is 29.1 Å². The molecule has 1 saturated heterocycles. The molecule has 0 radical (unpaired) electrons. The number of carbonyl (C=O) groups is 3. The van der Waals surface area contributed by atoms with Crippen LogP contribution in [0.3, 0.4) is 0 Å². The molecule has 1 aromatic heterocycles. The third-order valence-electron chi connectivity index (χ3n) is 6.64. The lowest BCUT2D eigenvalue weighted by Gasteiger charge is -2.30. The maximum Gasteiger partial charge on any atom is 0.244 e. The molecule has 176 valence electrons. The molecule has 1 aliphatic heterocycles. The van der Waals surface area contributed by atoms with Crippen molar-refractivity contribution < 1.29 is 19.6 Å². The molecule has 0 spiro atoms. The molecular weight excluding hydrogens is 422 g/mol. The van der Waals surface area contributed by atoms with Crippen LogP contribution in [0.5, 0.6) is 0 Å². The predicted octanol–water partition coefficient (Wildman–Crippen LogP) is 2.00.